The third-order valence-electron chi connectivity index (χ3n) is 4.20. The van der Waals surface area contributed by atoms with E-state index in [-0.39, 0.29) is 32.4 Å². The second kappa shape index (κ2) is 8.17. The fraction of sp³-hybridized carbons (Fsp3) is 0. The summed E-state index contributed by atoms with van der Waals surface area (Å²) in [5, 5.41) is 33.2. The van der Waals surface area contributed by atoms with Crippen LogP contribution in [0.3, 0.4) is 0 Å². The molecule has 30 heavy (non-hydrogen) atoms. The summed E-state index contributed by atoms with van der Waals surface area (Å²) in [5.74, 6) is -0.740. The molecule has 1 aliphatic rings. The fourth-order valence-corrected chi connectivity index (χ4v) is 3.61. The zero-order valence-electron chi connectivity index (χ0n) is 14.9. The first-order chi connectivity index (χ1) is 14.2. The number of hydrogen-bond donors (Lipinski definition) is 0. The standard InChI is InChI=1S/C13H4BrN3O7.C6H6/c14-9-3-5(15(19)20)1-7-11(9)12-8(13(7)18)2-6(16(21)22)4-10(12)17(23)24;1-2-4-6-5-3-1/h1-4H;1-6H. The monoisotopic (exact) mass is 471 g/mol. The van der Waals surface area contributed by atoms with Crippen molar-refractivity contribution in [3.63, 3.8) is 0 Å². The summed E-state index contributed by atoms with van der Waals surface area (Å²) >= 11 is 3.08. The third kappa shape index (κ3) is 3.78. The number of rotatable bonds is 3. The van der Waals surface area contributed by atoms with Gasteiger partial charge in [-0.1, -0.05) is 36.4 Å². The van der Waals surface area contributed by atoms with Crippen LogP contribution < -0.4 is 0 Å². The van der Waals surface area contributed by atoms with E-state index in [1.165, 1.54) is 0 Å². The van der Waals surface area contributed by atoms with Gasteiger partial charge in [0.1, 0.15) is 0 Å². The highest BCUT2D eigenvalue weighted by atomic mass is 79.9. The van der Waals surface area contributed by atoms with Crippen molar-refractivity contribution in [1.82, 2.24) is 0 Å². The number of nitro benzene ring substituents is 3. The predicted molar refractivity (Wildman–Crippen MR) is 109 cm³/mol. The highest BCUT2D eigenvalue weighted by Crippen LogP contribution is 2.48. The van der Waals surface area contributed by atoms with E-state index < -0.39 is 31.9 Å². The van der Waals surface area contributed by atoms with E-state index in [2.05, 4.69) is 15.9 Å². The Hall–Kier alpha value is -3.99. The van der Waals surface area contributed by atoms with Crippen LogP contribution in [0, 0.1) is 30.3 Å². The van der Waals surface area contributed by atoms with Gasteiger partial charge in [-0.05, 0) is 15.9 Å². The van der Waals surface area contributed by atoms with Crippen molar-refractivity contribution in [1.29, 1.82) is 0 Å². The van der Waals surface area contributed by atoms with E-state index in [4.69, 9.17) is 0 Å². The number of fused-ring (bicyclic) bond motifs is 3. The Balaban J connectivity index is 0.000000367. The average Bonchev–Trinajstić information content (AvgIpc) is 3.01. The molecule has 0 bridgehead atoms. The maximum absolute atomic E-state index is 12.5. The van der Waals surface area contributed by atoms with Crippen molar-refractivity contribution in [2.75, 3.05) is 0 Å². The van der Waals surface area contributed by atoms with E-state index in [1.807, 2.05) is 36.4 Å². The second-order valence-electron chi connectivity index (χ2n) is 5.99. The van der Waals surface area contributed by atoms with Gasteiger partial charge >= 0.3 is 0 Å². The van der Waals surface area contributed by atoms with Gasteiger partial charge in [0.25, 0.3) is 17.1 Å². The molecule has 3 aromatic carbocycles. The minimum Gasteiger partial charge on any atom is -0.289 e. The van der Waals surface area contributed by atoms with Crippen LogP contribution in [-0.2, 0) is 0 Å². The molecule has 150 valence electrons. The van der Waals surface area contributed by atoms with E-state index >= 15 is 0 Å². The number of carbonyl (C=O) groups excluding carboxylic acids is 1. The van der Waals surface area contributed by atoms with Gasteiger partial charge < -0.3 is 0 Å². The van der Waals surface area contributed by atoms with Crippen molar-refractivity contribution in [3.8, 4) is 11.1 Å². The summed E-state index contributed by atoms with van der Waals surface area (Å²) < 4.78 is 0.121. The van der Waals surface area contributed by atoms with Gasteiger partial charge in [-0.25, -0.2) is 0 Å². The molecule has 0 saturated heterocycles. The van der Waals surface area contributed by atoms with Crippen LogP contribution in [-0.4, -0.2) is 20.6 Å². The first-order valence-electron chi connectivity index (χ1n) is 8.22. The van der Waals surface area contributed by atoms with E-state index in [0.29, 0.717) is 0 Å². The topological polar surface area (TPSA) is 146 Å². The van der Waals surface area contributed by atoms with Crippen LogP contribution in [0.25, 0.3) is 11.1 Å². The first-order valence-corrected chi connectivity index (χ1v) is 9.01. The average molecular weight is 472 g/mol. The van der Waals surface area contributed by atoms with Crippen molar-refractivity contribution in [3.05, 3.63) is 107 Å². The van der Waals surface area contributed by atoms with E-state index in [0.717, 1.165) is 24.3 Å². The van der Waals surface area contributed by atoms with Gasteiger partial charge in [0.05, 0.1) is 26.4 Å². The SMILES string of the molecule is O=C1c2cc([N+](=O)[O-])cc(Br)c2-c2c1cc([N+](=O)[O-])cc2[N+](=O)[O-].c1ccccc1. The van der Waals surface area contributed by atoms with Crippen molar-refractivity contribution in [2.24, 2.45) is 0 Å². The lowest BCUT2D eigenvalue weighted by Gasteiger charge is -2.04. The lowest BCUT2D eigenvalue weighted by Crippen LogP contribution is -2.00. The van der Waals surface area contributed by atoms with Crippen LogP contribution in [0.1, 0.15) is 15.9 Å². The zero-order chi connectivity index (χ0) is 22.0. The number of halogens is 1. The summed E-state index contributed by atoms with van der Waals surface area (Å²) in [6.07, 6.45) is 0. The molecule has 1 aliphatic carbocycles. The number of benzene rings is 3. The molecule has 10 nitrogen and oxygen atoms in total. The largest absolute Gasteiger partial charge is 0.289 e. The van der Waals surface area contributed by atoms with Gasteiger partial charge in [-0.2, -0.15) is 0 Å². The summed E-state index contributed by atoms with van der Waals surface area (Å²) in [6.45, 7) is 0. The quantitative estimate of drug-likeness (QED) is 0.299. The molecule has 0 saturated carbocycles. The molecular formula is C19H10BrN3O7. The molecule has 0 radical (unpaired) electrons. The molecule has 0 unspecified atom stereocenters. The molecule has 0 amide bonds. The molecule has 0 fully saturated rings. The number of nitrogens with zero attached hydrogens (tertiary/aromatic N) is 3. The fourth-order valence-electron chi connectivity index (χ4n) is 2.96. The molecule has 0 N–H and O–H groups in total. The molecule has 3 aromatic rings. The van der Waals surface area contributed by atoms with Crippen LogP contribution in [0.5, 0.6) is 0 Å². The Bertz CT molecular complexity index is 1190. The lowest BCUT2D eigenvalue weighted by molar-refractivity contribution is -0.393. The van der Waals surface area contributed by atoms with Crippen LogP contribution in [0.15, 0.2) is 65.1 Å². The second-order valence-corrected chi connectivity index (χ2v) is 6.85. The van der Waals surface area contributed by atoms with Crippen LogP contribution in [0.4, 0.5) is 17.1 Å². The molecule has 0 atom stereocenters. The summed E-state index contributed by atoms with van der Waals surface area (Å²) in [6, 6.07) is 15.8. The molecule has 11 heteroatoms. The first kappa shape index (κ1) is 20.7. The third-order valence-corrected chi connectivity index (χ3v) is 4.83. The Morgan fingerprint density at radius 2 is 1.07 bits per heavy atom. The van der Waals surface area contributed by atoms with Crippen LogP contribution in [0.2, 0.25) is 0 Å². The minimum atomic E-state index is -0.846. The number of hydrogen-bond acceptors (Lipinski definition) is 7. The van der Waals surface area contributed by atoms with Gasteiger partial charge in [-0.15, -0.1) is 0 Å². The molecule has 4 rings (SSSR count). The van der Waals surface area contributed by atoms with E-state index in [9.17, 15) is 35.1 Å². The number of carbonyl (C=O) groups is 1. The molecule has 0 aliphatic heterocycles. The Morgan fingerprint density at radius 3 is 1.50 bits per heavy atom. The smallest absolute Gasteiger partial charge is 0.284 e. The van der Waals surface area contributed by atoms with Crippen molar-refractivity contribution >= 4 is 38.8 Å². The number of ketones is 1. The molecular weight excluding hydrogens is 462 g/mol. The van der Waals surface area contributed by atoms with Gasteiger partial charge in [-0.3, -0.25) is 35.1 Å². The minimum absolute atomic E-state index is 0.0904. The van der Waals surface area contributed by atoms with Crippen molar-refractivity contribution in [2.45, 2.75) is 0 Å². The highest BCUT2D eigenvalue weighted by Gasteiger charge is 2.38. The number of nitro groups is 3. The molecule has 0 aromatic heterocycles. The lowest BCUT2D eigenvalue weighted by atomic mass is 10.0. The Morgan fingerprint density at radius 1 is 0.633 bits per heavy atom. The Kier molecular flexibility index (Phi) is 5.65. The van der Waals surface area contributed by atoms with Crippen molar-refractivity contribution < 1.29 is 19.6 Å². The zero-order valence-corrected chi connectivity index (χ0v) is 16.4. The molecule has 0 heterocycles. The van der Waals surface area contributed by atoms with E-state index in [1.54, 1.807) is 0 Å². The normalized spacial score (nSPS) is 11.0. The van der Waals surface area contributed by atoms with Crippen LogP contribution >= 0.6 is 15.9 Å². The maximum Gasteiger partial charge on any atom is 0.284 e. The van der Waals surface area contributed by atoms with Gasteiger partial charge in [0.2, 0.25) is 0 Å². The molecule has 0 spiro atoms. The summed E-state index contributed by atoms with van der Waals surface area (Å²) in [7, 11) is 0. The van der Waals surface area contributed by atoms with Gasteiger partial charge in [0, 0.05) is 39.4 Å². The Labute approximate surface area is 176 Å². The van der Waals surface area contributed by atoms with Gasteiger partial charge in [0.15, 0.2) is 5.78 Å². The maximum atomic E-state index is 12.5. The highest BCUT2D eigenvalue weighted by molar-refractivity contribution is 9.10. The summed E-state index contributed by atoms with van der Waals surface area (Å²) in [4.78, 5) is 43.2. The predicted octanol–water partition coefficient (Wildman–Crippen LogP) is 5.07. The number of non-ortho nitro benzene ring substituents is 2. The summed E-state index contributed by atoms with van der Waals surface area (Å²) in [5.41, 5.74) is -1.91.